The van der Waals surface area contributed by atoms with Crippen LogP contribution in [0.15, 0.2) is 53.4 Å². The van der Waals surface area contributed by atoms with Crippen molar-refractivity contribution in [1.29, 1.82) is 0 Å². The van der Waals surface area contributed by atoms with Crippen molar-refractivity contribution < 1.29 is 23.4 Å². The van der Waals surface area contributed by atoms with E-state index in [4.69, 9.17) is 0 Å². The van der Waals surface area contributed by atoms with E-state index in [1.54, 1.807) is 50.2 Å². The molecule has 1 unspecified atom stereocenters. The molecule has 3 rings (SSSR count). The Bertz CT molecular complexity index is 937. The summed E-state index contributed by atoms with van der Waals surface area (Å²) in [6, 6.07) is 11.8. The lowest BCUT2D eigenvalue weighted by atomic mass is 10.0. The van der Waals surface area contributed by atoms with Gasteiger partial charge in [-0.15, -0.1) is 0 Å². The first-order chi connectivity index (χ1) is 12.6. The summed E-state index contributed by atoms with van der Waals surface area (Å²) in [5.74, 6) is -0.443. The summed E-state index contributed by atoms with van der Waals surface area (Å²) in [6.07, 6.45) is 0. The molecule has 144 valence electrons. The third kappa shape index (κ3) is 3.83. The van der Waals surface area contributed by atoms with E-state index in [9.17, 15) is 23.4 Å². The van der Waals surface area contributed by atoms with E-state index in [2.05, 4.69) is 0 Å². The number of thioether (sulfide) groups is 1. The molecule has 1 aliphatic rings. The van der Waals surface area contributed by atoms with Gasteiger partial charge in [0.05, 0.1) is 4.90 Å². The normalized spacial score (nSPS) is 20.3. The van der Waals surface area contributed by atoms with Gasteiger partial charge in [0.1, 0.15) is 11.8 Å². The zero-order chi connectivity index (χ0) is 19.8. The highest BCUT2D eigenvalue weighted by molar-refractivity contribution is 8.00. The molecule has 0 radical (unpaired) electrons. The van der Waals surface area contributed by atoms with Crippen molar-refractivity contribution in [1.82, 2.24) is 4.31 Å². The molecule has 1 aliphatic heterocycles. The van der Waals surface area contributed by atoms with Crippen molar-refractivity contribution in [3.8, 4) is 16.9 Å². The zero-order valence-electron chi connectivity index (χ0n) is 15.0. The van der Waals surface area contributed by atoms with Crippen molar-refractivity contribution in [3.63, 3.8) is 0 Å². The maximum Gasteiger partial charge on any atom is 0.323 e. The zero-order valence-corrected chi connectivity index (χ0v) is 16.6. The fourth-order valence-corrected chi connectivity index (χ4v) is 6.34. The van der Waals surface area contributed by atoms with Gasteiger partial charge in [0.25, 0.3) is 0 Å². The Labute approximate surface area is 162 Å². The second kappa shape index (κ2) is 7.18. The van der Waals surface area contributed by atoms with E-state index in [-0.39, 0.29) is 17.2 Å². The summed E-state index contributed by atoms with van der Waals surface area (Å²) >= 11 is 1.47. The third-order valence-corrected chi connectivity index (χ3v) is 7.86. The van der Waals surface area contributed by atoms with Crippen molar-refractivity contribution in [2.75, 3.05) is 12.3 Å². The van der Waals surface area contributed by atoms with Crippen LogP contribution in [0.25, 0.3) is 11.1 Å². The maximum atomic E-state index is 13.1. The Morgan fingerprint density at radius 2 is 1.59 bits per heavy atom. The first kappa shape index (κ1) is 19.7. The SMILES string of the molecule is CC1(C)SCCN(S(=O)(=O)c2ccc(-c3ccc(O)cc3)cc2)C1C(=O)O. The van der Waals surface area contributed by atoms with Crippen LogP contribution >= 0.6 is 11.8 Å². The van der Waals surface area contributed by atoms with Gasteiger partial charge in [-0.3, -0.25) is 4.79 Å². The van der Waals surface area contributed by atoms with Crippen molar-refractivity contribution in [3.05, 3.63) is 48.5 Å². The van der Waals surface area contributed by atoms with Gasteiger partial charge in [-0.25, -0.2) is 8.42 Å². The quantitative estimate of drug-likeness (QED) is 0.809. The lowest BCUT2D eigenvalue weighted by molar-refractivity contribution is -0.142. The lowest BCUT2D eigenvalue weighted by Crippen LogP contribution is -2.58. The van der Waals surface area contributed by atoms with Gasteiger partial charge in [-0.2, -0.15) is 16.1 Å². The van der Waals surface area contributed by atoms with Crippen LogP contribution in [-0.2, 0) is 14.8 Å². The summed E-state index contributed by atoms with van der Waals surface area (Å²) in [5.41, 5.74) is 1.65. The molecule has 27 heavy (non-hydrogen) atoms. The van der Waals surface area contributed by atoms with Gasteiger partial charge in [0.15, 0.2) is 0 Å². The second-order valence-electron chi connectivity index (χ2n) is 6.88. The van der Waals surface area contributed by atoms with Crippen LogP contribution in [0.1, 0.15) is 13.8 Å². The number of carboxylic acid groups (broad SMARTS) is 1. The number of phenolic OH excluding ortho intramolecular Hbond substituents is 1. The van der Waals surface area contributed by atoms with Crippen LogP contribution in [0.2, 0.25) is 0 Å². The molecule has 8 heteroatoms. The number of benzene rings is 2. The standard InChI is InChI=1S/C19H21NO5S2/c1-19(2)17(18(22)23)20(11-12-26-19)27(24,25)16-9-5-14(6-10-16)13-3-7-15(21)8-4-13/h3-10,17,21H,11-12H2,1-2H3,(H,22,23). The van der Waals surface area contributed by atoms with Crippen LogP contribution < -0.4 is 0 Å². The molecule has 1 saturated heterocycles. The highest BCUT2D eigenvalue weighted by atomic mass is 32.2. The highest BCUT2D eigenvalue weighted by Crippen LogP contribution is 2.38. The predicted octanol–water partition coefficient (Wildman–Crippen LogP) is 3.03. The largest absolute Gasteiger partial charge is 0.508 e. The fourth-order valence-electron chi connectivity index (χ4n) is 3.24. The number of carboxylic acids is 1. The van der Waals surface area contributed by atoms with E-state index >= 15 is 0 Å². The Hall–Kier alpha value is -2.03. The van der Waals surface area contributed by atoms with Gasteiger partial charge < -0.3 is 10.2 Å². The monoisotopic (exact) mass is 407 g/mol. The van der Waals surface area contributed by atoms with E-state index < -0.39 is 26.8 Å². The average Bonchev–Trinajstić information content (AvgIpc) is 2.61. The summed E-state index contributed by atoms with van der Waals surface area (Å²) in [4.78, 5) is 11.9. The first-order valence-electron chi connectivity index (χ1n) is 8.41. The van der Waals surface area contributed by atoms with Gasteiger partial charge in [-0.05, 0) is 49.2 Å². The molecule has 0 aliphatic carbocycles. The smallest absolute Gasteiger partial charge is 0.323 e. The molecule has 0 spiro atoms. The average molecular weight is 408 g/mol. The minimum absolute atomic E-state index is 0.0685. The van der Waals surface area contributed by atoms with Gasteiger partial charge >= 0.3 is 5.97 Å². The number of sulfonamides is 1. The van der Waals surface area contributed by atoms with Crippen molar-refractivity contribution in [2.24, 2.45) is 0 Å². The van der Waals surface area contributed by atoms with Crippen LogP contribution in [0.4, 0.5) is 0 Å². The van der Waals surface area contributed by atoms with Gasteiger partial charge in [0, 0.05) is 17.0 Å². The number of nitrogens with zero attached hydrogens (tertiary/aromatic N) is 1. The number of aromatic hydroxyl groups is 1. The Morgan fingerprint density at radius 3 is 2.11 bits per heavy atom. The minimum atomic E-state index is -3.93. The lowest BCUT2D eigenvalue weighted by Gasteiger charge is -2.42. The molecule has 2 aromatic rings. The molecular formula is C19H21NO5S2. The number of rotatable bonds is 4. The van der Waals surface area contributed by atoms with E-state index in [0.717, 1.165) is 15.4 Å². The molecule has 0 bridgehead atoms. The molecule has 6 nitrogen and oxygen atoms in total. The topological polar surface area (TPSA) is 94.9 Å². The third-order valence-electron chi connectivity index (χ3n) is 4.63. The van der Waals surface area contributed by atoms with Gasteiger partial charge in [0.2, 0.25) is 10.0 Å². The Morgan fingerprint density at radius 1 is 1.07 bits per heavy atom. The summed E-state index contributed by atoms with van der Waals surface area (Å²) in [6.45, 7) is 3.67. The molecule has 2 aromatic carbocycles. The summed E-state index contributed by atoms with van der Waals surface area (Å²) in [5, 5.41) is 19.0. The molecule has 1 fully saturated rings. The summed E-state index contributed by atoms with van der Waals surface area (Å²) in [7, 11) is -3.93. The summed E-state index contributed by atoms with van der Waals surface area (Å²) < 4.78 is 26.6. The van der Waals surface area contributed by atoms with Gasteiger partial charge in [-0.1, -0.05) is 24.3 Å². The molecule has 1 heterocycles. The van der Waals surface area contributed by atoms with Crippen LogP contribution in [0.3, 0.4) is 0 Å². The highest BCUT2D eigenvalue weighted by Gasteiger charge is 2.48. The predicted molar refractivity (Wildman–Crippen MR) is 105 cm³/mol. The number of hydrogen-bond acceptors (Lipinski definition) is 5. The minimum Gasteiger partial charge on any atom is -0.508 e. The van der Waals surface area contributed by atoms with Crippen LogP contribution in [0, 0.1) is 0 Å². The Balaban J connectivity index is 1.94. The molecule has 0 saturated carbocycles. The number of hydrogen-bond donors (Lipinski definition) is 2. The maximum absolute atomic E-state index is 13.1. The van der Waals surface area contributed by atoms with E-state index in [1.807, 2.05) is 0 Å². The fraction of sp³-hybridized carbons (Fsp3) is 0.316. The van der Waals surface area contributed by atoms with Crippen LogP contribution in [0.5, 0.6) is 5.75 Å². The number of phenols is 1. The van der Waals surface area contributed by atoms with Crippen molar-refractivity contribution in [2.45, 2.75) is 29.5 Å². The van der Waals surface area contributed by atoms with Crippen molar-refractivity contribution >= 4 is 27.8 Å². The second-order valence-corrected chi connectivity index (χ2v) is 10.5. The molecule has 0 amide bonds. The van der Waals surface area contributed by atoms with E-state index in [0.29, 0.717) is 5.75 Å². The number of carbonyl (C=O) groups is 1. The Kier molecular flexibility index (Phi) is 5.24. The first-order valence-corrected chi connectivity index (χ1v) is 10.8. The molecule has 2 N–H and O–H groups in total. The van der Waals surface area contributed by atoms with E-state index in [1.165, 1.54) is 23.9 Å². The molecular weight excluding hydrogens is 386 g/mol. The molecule has 1 atom stereocenters. The molecule has 0 aromatic heterocycles. The number of aliphatic carboxylic acids is 1. The van der Waals surface area contributed by atoms with Crippen LogP contribution in [-0.4, -0.2) is 52.0 Å².